The van der Waals surface area contributed by atoms with Gasteiger partial charge in [0.15, 0.2) is 0 Å². The Hall–Kier alpha value is -3.24. The van der Waals surface area contributed by atoms with E-state index in [-0.39, 0.29) is 0 Å². The van der Waals surface area contributed by atoms with Gasteiger partial charge in [0.25, 0.3) is 0 Å². The molecule has 0 N–H and O–H groups in total. The molecule has 0 saturated carbocycles. The van der Waals surface area contributed by atoms with E-state index in [9.17, 15) is 5.26 Å². The van der Waals surface area contributed by atoms with Gasteiger partial charge in [-0.3, -0.25) is 4.98 Å². The van der Waals surface area contributed by atoms with Gasteiger partial charge in [0.1, 0.15) is 23.0 Å². The number of hydrogen-bond donors (Lipinski definition) is 0. The minimum Gasteiger partial charge on any atom is -0.366 e. The minimum atomic E-state index is 0.637. The van der Waals surface area contributed by atoms with E-state index >= 15 is 0 Å². The zero-order valence-electron chi connectivity index (χ0n) is 16.4. The number of anilines is 2. The largest absolute Gasteiger partial charge is 0.366 e. The predicted octanol–water partition coefficient (Wildman–Crippen LogP) is 4.05. The maximum atomic E-state index is 9.73. The molecule has 0 spiro atoms. The molecule has 29 heavy (non-hydrogen) atoms. The third kappa shape index (κ3) is 2.97. The molecular weight excluding hydrogens is 380 g/mol. The highest BCUT2D eigenvalue weighted by atomic mass is 32.1. The molecule has 0 aliphatic carbocycles. The maximum absolute atomic E-state index is 9.73. The molecule has 4 heterocycles. The number of benzene rings is 1. The molecule has 144 valence electrons. The van der Waals surface area contributed by atoms with E-state index in [1.54, 1.807) is 23.9 Å². The van der Waals surface area contributed by atoms with Gasteiger partial charge in [-0.05, 0) is 36.9 Å². The van der Waals surface area contributed by atoms with E-state index in [2.05, 4.69) is 68.2 Å². The van der Waals surface area contributed by atoms with Crippen molar-refractivity contribution in [1.29, 1.82) is 5.26 Å². The standard InChI is InChI=1S/C22H20N6S/c1-14-9-15(2)19-18(10-14)20(16(11-23)12-24-19)27-4-6-28(7-5-27)21-17-3-8-29-22(17)26-13-25-21/h3,8-10,12-13H,4-7H2,1-2H3. The van der Waals surface area contributed by atoms with Crippen LogP contribution in [-0.4, -0.2) is 41.1 Å². The second kappa shape index (κ2) is 6.98. The summed E-state index contributed by atoms with van der Waals surface area (Å²) in [5.74, 6) is 1.00. The Balaban J connectivity index is 1.50. The summed E-state index contributed by atoms with van der Waals surface area (Å²) in [6, 6.07) is 8.74. The lowest BCUT2D eigenvalue weighted by atomic mass is 10.0. The zero-order valence-corrected chi connectivity index (χ0v) is 17.2. The number of nitriles is 1. The number of aromatic nitrogens is 3. The van der Waals surface area contributed by atoms with Crippen LogP contribution in [0.4, 0.5) is 11.5 Å². The average molecular weight is 401 g/mol. The van der Waals surface area contributed by atoms with Crippen molar-refractivity contribution in [2.45, 2.75) is 13.8 Å². The summed E-state index contributed by atoms with van der Waals surface area (Å²) < 4.78 is 0. The van der Waals surface area contributed by atoms with Crippen LogP contribution in [0.25, 0.3) is 21.1 Å². The van der Waals surface area contributed by atoms with Crippen molar-refractivity contribution in [3.63, 3.8) is 0 Å². The van der Waals surface area contributed by atoms with Crippen molar-refractivity contribution in [1.82, 2.24) is 15.0 Å². The number of thiophene rings is 1. The third-order valence-electron chi connectivity index (χ3n) is 5.53. The van der Waals surface area contributed by atoms with Gasteiger partial charge in [0.2, 0.25) is 0 Å². The van der Waals surface area contributed by atoms with Crippen molar-refractivity contribution in [3.05, 3.63) is 52.8 Å². The highest BCUT2D eigenvalue weighted by molar-refractivity contribution is 7.16. The summed E-state index contributed by atoms with van der Waals surface area (Å²) >= 11 is 1.64. The summed E-state index contributed by atoms with van der Waals surface area (Å²) in [5.41, 5.74) is 4.95. The number of hydrogen-bond acceptors (Lipinski definition) is 7. The van der Waals surface area contributed by atoms with Crippen molar-refractivity contribution in [2.75, 3.05) is 36.0 Å². The minimum absolute atomic E-state index is 0.637. The molecule has 1 saturated heterocycles. The van der Waals surface area contributed by atoms with Crippen molar-refractivity contribution in [2.24, 2.45) is 0 Å². The van der Waals surface area contributed by atoms with Crippen molar-refractivity contribution >= 4 is 44.0 Å². The van der Waals surface area contributed by atoms with Gasteiger partial charge < -0.3 is 9.80 Å². The molecule has 1 aliphatic rings. The van der Waals surface area contributed by atoms with E-state index in [4.69, 9.17) is 0 Å². The summed E-state index contributed by atoms with van der Waals surface area (Å²) in [4.78, 5) is 19.1. The lowest BCUT2D eigenvalue weighted by molar-refractivity contribution is 0.650. The van der Waals surface area contributed by atoms with Crippen molar-refractivity contribution < 1.29 is 0 Å². The Morgan fingerprint density at radius 3 is 2.59 bits per heavy atom. The van der Waals surface area contributed by atoms with Gasteiger partial charge in [-0.2, -0.15) is 5.26 Å². The topological polar surface area (TPSA) is 68.9 Å². The summed E-state index contributed by atoms with van der Waals surface area (Å²) in [6.45, 7) is 7.53. The van der Waals surface area contributed by atoms with E-state index < -0.39 is 0 Å². The van der Waals surface area contributed by atoms with Crippen LogP contribution in [0.3, 0.4) is 0 Å². The molecule has 6 nitrogen and oxygen atoms in total. The fourth-order valence-corrected chi connectivity index (χ4v) is 4.97. The Bertz CT molecular complexity index is 1260. The summed E-state index contributed by atoms with van der Waals surface area (Å²) in [7, 11) is 0. The molecule has 0 bridgehead atoms. The highest BCUT2D eigenvalue weighted by Gasteiger charge is 2.24. The Morgan fingerprint density at radius 1 is 1.00 bits per heavy atom. The van der Waals surface area contributed by atoms with Crippen LogP contribution in [0, 0.1) is 25.2 Å². The van der Waals surface area contributed by atoms with Gasteiger partial charge in [-0.15, -0.1) is 11.3 Å². The molecule has 7 heteroatoms. The molecule has 0 radical (unpaired) electrons. The number of piperazine rings is 1. The SMILES string of the molecule is Cc1cc(C)c2ncc(C#N)c(N3CCN(c4ncnc5sccc45)CC3)c2c1. The molecule has 0 amide bonds. The van der Waals surface area contributed by atoms with Crippen LogP contribution in [0.2, 0.25) is 0 Å². The van der Waals surface area contributed by atoms with Gasteiger partial charge in [-0.1, -0.05) is 11.6 Å². The van der Waals surface area contributed by atoms with Crippen LogP contribution in [0.5, 0.6) is 0 Å². The first-order valence-electron chi connectivity index (χ1n) is 9.64. The second-order valence-corrected chi connectivity index (χ2v) is 8.32. The first-order chi connectivity index (χ1) is 14.2. The molecule has 1 aromatic carbocycles. The normalized spacial score (nSPS) is 14.5. The number of fused-ring (bicyclic) bond motifs is 2. The summed E-state index contributed by atoms with van der Waals surface area (Å²) in [6.07, 6.45) is 3.36. The number of pyridine rings is 1. The predicted molar refractivity (Wildman–Crippen MR) is 118 cm³/mol. The zero-order chi connectivity index (χ0) is 20.0. The van der Waals surface area contributed by atoms with E-state index in [1.165, 1.54) is 5.56 Å². The maximum Gasteiger partial charge on any atom is 0.140 e. The van der Waals surface area contributed by atoms with Crippen LogP contribution < -0.4 is 9.80 Å². The fraction of sp³-hybridized carbons (Fsp3) is 0.273. The molecule has 3 aromatic heterocycles. The molecule has 1 fully saturated rings. The molecule has 4 aromatic rings. The molecular formula is C22H20N6S. The molecule has 0 unspecified atom stereocenters. The number of aryl methyl sites for hydroxylation is 2. The first-order valence-corrected chi connectivity index (χ1v) is 10.5. The number of rotatable bonds is 2. The van der Waals surface area contributed by atoms with E-state index in [0.717, 1.165) is 64.4 Å². The van der Waals surface area contributed by atoms with Crippen LogP contribution in [0.1, 0.15) is 16.7 Å². The van der Waals surface area contributed by atoms with Crippen LogP contribution >= 0.6 is 11.3 Å². The van der Waals surface area contributed by atoms with Crippen molar-refractivity contribution in [3.8, 4) is 6.07 Å². The Morgan fingerprint density at radius 2 is 1.79 bits per heavy atom. The molecule has 5 rings (SSSR count). The van der Waals surface area contributed by atoms with Gasteiger partial charge in [-0.25, -0.2) is 9.97 Å². The smallest absolute Gasteiger partial charge is 0.140 e. The highest BCUT2D eigenvalue weighted by Crippen LogP contribution is 2.34. The monoisotopic (exact) mass is 400 g/mol. The Labute approximate surface area is 173 Å². The lowest BCUT2D eigenvalue weighted by Crippen LogP contribution is -2.47. The van der Waals surface area contributed by atoms with E-state index in [0.29, 0.717) is 5.56 Å². The van der Waals surface area contributed by atoms with E-state index in [1.807, 2.05) is 0 Å². The fourth-order valence-electron chi connectivity index (χ4n) is 4.24. The third-order valence-corrected chi connectivity index (χ3v) is 6.36. The van der Waals surface area contributed by atoms with Crippen LogP contribution in [-0.2, 0) is 0 Å². The first kappa shape index (κ1) is 17.8. The van der Waals surface area contributed by atoms with Crippen LogP contribution in [0.15, 0.2) is 36.1 Å². The number of nitrogens with zero attached hydrogens (tertiary/aromatic N) is 6. The second-order valence-electron chi connectivity index (χ2n) is 7.42. The molecule has 0 atom stereocenters. The van der Waals surface area contributed by atoms with Gasteiger partial charge >= 0.3 is 0 Å². The lowest BCUT2D eigenvalue weighted by Gasteiger charge is -2.37. The van der Waals surface area contributed by atoms with Gasteiger partial charge in [0.05, 0.1) is 22.2 Å². The van der Waals surface area contributed by atoms with Gasteiger partial charge in [0, 0.05) is 37.8 Å². The Kier molecular flexibility index (Phi) is 4.29. The quantitative estimate of drug-likeness (QED) is 0.506. The summed E-state index contributed by atoms with van der Waals surface area (Å²) in [5, 5.41) is 14.0. The molecule has 1 aliphatic heterocycles. The average Bonchev–Trinajstić information content (AvgIpc) is 3.22.